The van der Waals surface area contributed by atoms with Crippen molar-refractivity contribution in [1.29, 1.82) is 0 Å². The molecule has 0 saturated carbocycles. The maximum atomic E-state index is 13.0. The number of fused-ring (bicyclic) bond motifs is 1. The summed E-state index contributed by atoms with van der Waals surface area (Å²) in [6, 6.07) is 12.7. The first kappa shape index (κ1) is 19.3. The molecule has 0 radical (unpaired) electrons. The summed E-state index contributed by atoms with van der Waals surface area (Å²) < 4.78 is 29.8. The smallest absolute Gasteiger partial charge is 0.338 e. The van der Waals surface area contributed by atoms with Crippen molar-refractivity contribution in [2.45, 2.75) is 11.4 Å². The topological polar surface area (TPSA) is 97.5 Å². The molecule has 10 heteroatoms. The number of aryl methyl sites for hydroxylation is 1. The number of sulfonamides is 1. The van der Waals surface area contributed by atoms with Gasteiger partial charge in [-0.05, 0) is 22.9 Å². The van der Waals surface area contributed by atoms with E-state index in [1.165, 1.54) is 15.2 Å². The molecule has 4 rings (SSSR count). The van der Waals surface area contributed by atoms with E-state index in [9.17, 15) is 18.0 Å². The Morgan fingerprint density at radius 3 is 2.38 bits per heavy atom. The van der Waals surface area contributed by atoms with Crippen LogP contribution in [0.4, 0.5) is 0 Å². The van der Waals surface area contributed by atoms with Crippen LogP contribution in [0.1, 0.15) is 0 Å². The fraction of sp³-hybridized carbons (Fsp3) is 0.316. The third-order valence-corrected chi connectivity index (χ3v) is 7.02. The molecule has 0 unspecified atom stereocenters. The number of hydrogen-bond donors (Lipinski definition) is 0. The third kappa shape index (κ3) is 3.68. The summed E-state index contributed by atoms with van der Waals surface area (Å²) in [5, 5.41) is 5.72. The highest BCUT2D eigenvalue weighted by Crippen LogP contribution is 2.22. The molecule has 0 N–H and O–H groups in total. The van der Waals surface area contributed by atoms with E-state index in [1.807, 2.05) is 24.3 Å². The van der Waals surface area contributed by atoms with Crippen molar-refractivity contribution in [1.82, 2.24) is 23.6 Å². The van der Waals surface area contributed by atoms with Crippen LogP contribution < -0.4 is 5.69 Å². The van der Waals surface area contributed by atoms with E-state index in [-0.39, 0.29) is 49.2 Å². The van der Waals surface area contributed by atoms with Crippen LogP contribution in [0.25, 0.3) is 10.8 Å². The fourth-order valence-corrected chi connectivity index (χ4v) is 4.87. The second kappa shape index (κ2) is 7.45. The maximum Gasteiger partial charge on any atom is 0.345 e. The molecule has 1 fully saturated rings. The van der Waals surface area contributed by atoms with Gasteiger partial charge in [-0.25, -0.2) is 17.9 Å². The largest absolute Gasteiger partial charge is 0.345 e. The van der Waals surface area contributed by atoms with Gasteiger partial charge in [-0.3, -0.25) is 9.36 Å². The number of piperazine rings is 1. The van der Waals surface area contributed by atoms with Gasteiger partial charge in [-0.15, -0.1) is 0 Å². The van der Waals surface area contributed by atoms with Gasteiger partial charge in [-0.1, -0.05) is 30.3 Å². The summed E-state index contributed by atoms with van der Waals surface area (Å²) in [4.78, 5) is 26.1. The number of nitrogens with zero attached hydrogens (tertiary/aromatic N) is 5. The number of aromatic nitrogens is 3. The summed E-state index contributed by atoms with van der Waals surface area (Å²) in [5.41, 5.74) is -0.365. The first-order valence-corrected chi connectivity index (χ1v) is 10.7. The zero-order valence-electron chi connectivity index (χ0n) is 15.9. The van der Waals surface area contributed by atoms with Gasteiger partial charge in [-0.2, -0.15) is 9.40 Å². The SMILES string of the molecule is Cn1cnn(CC(=O)N2CCN(S(=O)(=O)c3ccc4ccccc4c3)CC2)c1=O. The van der Waals surface area contributed by atoms with E-state index < -0.39 is 10.0 Å². The zero-order valence-corrected chi connectivity index (χ0v) is 16.7. The standard InChI is InChI=1S/C19H21N5O4S/c1-21-14-20-24(19(21)26)13-18(25)22-8-10-23(11-9-22)29(27,28)17-7-6-15-4-2-3-5-16(15)12-17/h2-7,12,14H,8-11,13H2,1H3. The van der Waals surface area contributed by atoms with Crippen LogP contribution in [0.3, 0.4) is 0 Å². The molecular formula is C19H21N5O4S. The van der Waals surface area contributed by atoms with Crippen LogP contribution in [0.2, 0.25) is 0 Å². The lowest BCUT2D eigenvalue weighted by molar-refractivity contribution is -0.133. The van der Waals surface area contributed by atoms with E-state index in [1.54, 1.807) is 30.1 Å². The average molecular weight is 415 g/mol. The summed E-state index contributed by atoms with van der Waals surface area (Å²) in [5.74, 6) is -0.256. The third-order valence-electron chi connectivity index (χ3n) is 5.12. The second-order valence-electron chi connectivity index (χ2n) is 6.98. The number of rotatable bonds is 4. The monoisotopic (exact) mass is 415 g/mol. The quantitative estimate of drug-likeness (QED) is 0.609. The predicted molar refractivity (Wildman–Crippen MR) is 107 cm³/mol. The van der Waals surface area contributed by atoms with Gasteiger partial charge < -0.3 is 4.90 Å². The number of amides is 1. The van der Waals surface area contributed by atoms with Crippen molar-refractivity contribution in [3.8, 4) is 0 Å². The summed E-state index contributed by atoms with van der Waals surface area (Å²) >= 11 is 0. The zero-order chi connectivity index (χ0) is 20.6. The molecule has 0 atom stereocenters. The van der Waals surface area contributed by atoms with Crippen LogP contribution in [0, 0.1) is 0 Å². The highest BCUT2D eigenvalue weighted by Gasteiger charge is 2.30. The van der Waals surface area contributed by atoms with E-state index >= 15 is 0 Å². The molecule has 1 saturated heterocycles. The van der Waals surface area contributed by atoms with E-state index in [0.717, 1.165) is 15.5 Å². The number of hydrogen-bond acceptors (Lipinski definition) is 5. The minimum atomic E-state index is -3.64. The van der Waals surface area contributed by atoms with Crippen molar-refractivity contribution in [3.63, 3.8) is 0 Å². The molecule has 152 valence electrons. The van der Waals surface area contributed by atoms with Gasteiger partial charge >= 0.3 is 5.69 Å². The molecule has 2 aromatic carbocycles. The van der Waals surface area contributed by atoms with E-state index in [2.05, 4.69) is 5.10 Å². The fourth-order valence-electron chi connectivity index (χ4n) is 3.41. The van der Waals surface area contributed by atoms with Crippen molar-refractivity contribution in [3.05, 3.63) is 59.3 Å². The normalized spacial score (nSPS) is 15.7. The first-order valence-electron chi connectivity index (χ1n) is 9.21. The molecule has 1 aromatic heterocycles. The minimum Gasteiger partial charge on any atom is -0.338 e. The van der Waals surface area contributed by atoms with Gasteiger partial charge in [0.05, 0.1) is 4.90 Å². The van der Waals surface area contributed by atoms with Gasteiger partial charge in [0.25, 0.3) is 0 Å². The summed E-state index contributed by atoms with van der Waals surface area (Å²) in [7, 11) is -2.08. The first-order chi connectivity index (χ1) is 13.9. The molecule has 1 amide bonds. The van der Waals surface area contributed by atoms with Crippen molar-refractivity contribution < 1.29 is 13.2 Å². The molecule has 1 aliphatic rings. The van der Waals surface area contributed by atoms with Crippen LogP contribution in [0.5, 0.6) is 0 Å². The Kier molecular flexibility index (Phi) is 4.97. The van der Waals surface area contributed by atoms with Crippen molar-refractivity contribution in [2.75, 3.05) is 26.2 Å². The average Bonchev–Trinajstić information content (AvgIpc) is 3.05. The van der Waals surface area contributed by atoms with Crippen LogP contribution >= 0.6 is 0 Å². The molecule has 0 bridgehead atoms. The Morgan fingerprint density at radius 1 is 1.03 bits per heavy atom. The summed E-state index contributed by atoms with van der Waals surface area (Å²) in [6.07, 6.45) is 1.35. The van der Waals surface area contributed by atoms with Crippen LogP contribution in [-0.2, 0) is 28.4 Å². The van der Waals surface area contributed by atoms with Crippen molar-refractivity contribution in [2.24, 2.45) is 7.05 Å². The van der Waals surface area contributed by atoms with E-state index in [4.69, 9.17) is 0 Å². The number of carbonyl (C=O) groups is 1. The minimum absolute atomic E-state index is 0.156. The molecule has 9 nitrogen and oxygen atoms in total. The molecular weight excluding hydrogens is 394 g/mol. The van der Waals surface area contributed by atoms with Gasteiger partial charge in [0, 0.05) is 33.2 Å². The molecule has 2 heterocycles. The molecule has 3 aromatic rings. The Hall–Kier alpha value is -2.98. The Labute approximate surface area is 167 Å². The Bertz CT molecular complexity index is 1220. The lowest BCUT2D eigenvalue weighted by atomic mass is 10.1. The predicted octanol–water partition coefficient (Wildman–Crippen LogP) is 0.268. The Morgan fingerprint density at radius 2 is 1.72 bits per heavy atom. The molecule has 0 aliphatic carbocycles. The van der Waals surface area contributed by atoms with Gasteiger partial charge in [0.2, 0.25) is 15.9 Å². The highest BCUT2D eigenvalue weighted by atomic mass is 32.2. The van der Waals surface area contributed by atoms with Crippen LogP contribution in [-0.4, -0.2) is 64.1 Å². The maximum absolute atomic E-state index is 13.0. The lowest BCUT2D eigenvalue weighted by Crippen LogP contribution is -2.51. The molecule has 1 aliphatic heterocycles. The van der Waals surface area contributed by atoms with Crippen LogP contribution in [0.15, 0.2) is 58.5 Å². The number of benzene rings is 2. The second-order valence-corrected chi connectivity index (χ2v) is 8.91. The van der Waals surface area contributed by atoms with Crippen molar-refractivity contribution >= 4 is 26.7 Å². The highest BCUT2D eigenvalue weighted by molar-refractivity contribution is 7.89. The van der Waals surface area contributed by atoms with Gasteiger partial charge in [0.1, 0.15) is 12.9 Å². The summed E-state index contributed by atoms with van der Waals surface area (Å²) in [6.45, 7) is 0.799. The molecule has 29 heavy (non-hydrogen) atoms. The van der Waals surface area contributed by atoms with Gasteiger partial charge in [0.15, 0.2) is 0 Å². The molecule has 0 spiro atoms. The Balaban J connectivity index is 1.44. The van der Waals surface area contributed by atoms with E-state index in [0.29, 0.717) is 0 Å². The number of carbonyl (C=O) groups excluding carboxylic acids is 1. The lowest BCUT2D eigenvalue weighted by Gasteiger charge is -2.34.